The number of carbonyl (C=O) groups is 2. The second-order valence-corrected chi connectivity index (χ2v) is 3.02. The zero-order chi connectivity index (χ0) is 9.84. The molecule has 0 aliphatic heterocycles. The van der Waals surface area contributed by atoms with Crippen molar-refractivity contribution in [2.24, 2.45) is 17.5 Å². The number of nitrogens with two attached hydrogens (primary N) is 2. The molecule has 1 fully saturated rings. The van der Waals surface area contributed by atoms with E-state index < -0.39 is 12.2 Å². The van der Waals surface area contributed by atoms with E-state index in [-0.39, 0.29) is 11.8 Å². The second-order valence-electron chi connectivity index (χ2n) is 3.02. The molecule has 0 saturated heterocycles. The van der Waals surface area contributed by atoms with Crippen LogP contribution in [0.25, 0.3) is 0 Å². The van der Waals surface area contributed by atoms with Crippen molar-refractivity contribution in [2.45, 2.75) is 25.4 Å². The van der Waals surface area contributed by atoms with Crippen molar-refractivity contribution in [1.82, 2.24) is 5.43 Å². The summed E-state index contributed by atoms with van der Waals surface area (Å²) in [7, 11) is 0. The highest BCUT2D eigenvalue weighted by molar-refractivity contribution is 5.79. The van der Waals surface area contributed by atoms with Crippen LogP contribution in [0.4, 0.5) is 4.79 Å². The van der Waals surface area contributed by atoms with E-state index in [1.165, 1.54) is 0 Å². The number of carbonyl (C=O) groups excluding carboxylic acids is 2. The highest BCUT2D eigenvalue weighted by Crippen LogP contribution is 2.28. The summed E-state index contributed by atoms with van der Waals surface area (Å²) in [6, 6.07) is 0. The lowest BCUT2D eigenvalue weighted by molar-refractivity contribution is -0.127. The van der Waals surface area contributed by atoms with Crippen molar-refractivity contribution in [3.05, 3.63) is 0 Å². The van der Waals surface area contributed by atoms with E-state index in [0.717, 1.165) is 6.42 Å². The molecule has 0 aromatic carbocycles. The van der Waals surface area contributed by atoms with Crippen LogP contribution in [0.1, 0.15) is 19.3 Å². The molecule has 1 rings (SSSR count). The Balaban J connectivity index is 2.53. The first-order chi connectivity index (χ1) is 6.15. The first kappa shape index (κ1) is 9.79. The van der Waals surface area contributed by atoms with Crippen LogP contribution in [0.15, 0.2) is 0 Å². The lowest BCUT2D eigenvalue weighted by Crippen LogP contribution is -2.40. The van der Waals surface area contributed by atoms with Gasteiger partial charge in [0.05, 0.1) is 5.92 Å². The topological polar surface area (TPSA) is 107 Å². The summed E-state index contributed by atoms with van der Waals surface area (Å²) < 4.78 is 4.77. The molecule has 0 spiro atoms. The molecule has 2 amide bonds. The molecule has 1 aliphatic rings. The summed E-state index contributed by atoms with van der Waals surface area (Å²) in [4.78, 5) is 21.6. The molecule has 1 saturated carbocycles. The van der Waals surface area contributed by atoms with Gasteiger partial charge in [-0.1, -0.05) is 0 Å². The fourth-order valence-electron chi connectivity index (χ4n) is 1.62. The molecule has 0 radical (unpaired) electrons. The lowest BCUT2D eigenvalue weighted by atomic mass is 10.1. The fraction of sp³-hybridized carbons (Fsp3) is 0.714. The van der Waals surface area contributed by atoms with Gasteiger partial charge in [0.15, 0.2) is 0 Å². The van der Waals surface area contributed by atoms with Gasteiger partial charge in [-0.2, -0.15) is 0 Å². The normalized spacial score (nSPS) is 26.8. The first-order valence-electron chi connectivity index (χ1n) is 4.11. The number of nitrogens with one attached hydrogen (secondary N) is 1. The van der Waals surface area contributed by atoms with Gasteiger partial charge in [0.1, 0.15) is 6.10 Å². The summed E-state index contributed by atoms with van der Waals surface area (Å²) in [5, 5.41) is 0. The molecule has 0 unspecified atom stereocenters. The van der Waals surface area contributed by atoms with Crippen molar-refractivity contribution >= 4 is 12.0 Å². The quantitative estimate of drug-likeness (QED) is 0.300. The molecule has 6 nitrogen and oxygen atoms in total. The predicted octanol–water partition coefficient (Wildman–Crippen LogP) is -0.760. The maximum Gasteiger partial charge on any atom is 0.404 e. The molecule has 1 aliphatic carbocycles. The molecule has 0 bridgehead atoms. The summed E-state index contributed by atoms with van der Waals surface area (Å²) in [5.74, 6) is 4.32. The van der Waals surface area contributed by atoms with E-state index in [4.69, 9.17) is 16.3 Å². The van der Waals surface area contributed by atoms with Crippen molar-refractivity contribution < 1.29 is 14.3 Å². The largest absolute Gasteiger partial charge is 0.446 e. The van der Waals surface area contributed by atoms with Gasteiger partial charge < -0.3 is 10.5 Å². The van der Waals surface area contributed by atoms with Crippen molar-refractivity contribution in [3.8, 4) is 0 Å². The zero-order valence-corrected chi connectivity index (χ0v) is 7.16. The minimum absolute atomic E-state index is 0.302. The Bertz CT molecular complexity index is 219. The molecule has 74 valence electrons. The van der Waals surface area contributed by atoms with Gasteiger partial charge in [0, 0.05) is 0 Å². The summed E-state index contributed by atoms with van der Waals surface area (Å²) >= 11 is 0. The fourth-order valence-corrected chi connectivity index (χ4v) is 1.62. The Kier molecular flexibility index (Phi) is 3.07. The van der Waals surface area contributed by atoms with Gasteiger partial charge in [-0.05, 0) is 19.3 Å². The van der Waals surface area contributed by atoms with E-state index in [0.29, 0.717) is 12.8 Å². The maximum atomic E-state index is 11.1. The maximum absolute atomic E-state index is 11.1. The van der Waals surface area contributed by atoms with E-state index >= 15 is 0 Å². The minimum atomic E-state index is -0.846. The van der Waals surface area contributed by atoms with Crippen LogP contribution in [0.5, 0.6) is 0 Å². The van der Waals surface area contributed by atoms with Crippen LogP contribution in [-0.2, 0) is 9.53 Å². The molecule has 0 aromatic rings. The van der Waals surface area contributed by atoms with Crippen LogP contribution in [0.3, 0.4) is 0 Å². The molecule has 0 aromatic heterocycles. The van der Waals surface area contributed by atoms with Crippen LogP contribution in [0, 0.1) is 5.92 Å². The zero-order valence-electron chi connectivity index (χ0n) is 7.16. The Morgan fingerprint density at radius 1 is 1.38 bits per heavy atom. The Morgan fingerprint density at radius 3 is 2.62 bits per heavy atom. The van der Waals surface area contributed by atoms with Crippen molar-refractivity contribution in [2.75, 3.05) is 0 Å². The second kappa shape index (κ2) is 4.08. The number of primary amides is 1. The van der Waals surface area contributed by atoms with Gasteiger partial charge in [-0.15, -0.1) is 0 Å². The number of hydrogen-bond donors (Lipinski definition) is 3. The molecule has 13 heavy (non-hydrogen) atoms. The number of rotatable bonds is 2. The van der Waals surface area contributed by atoms with Gasteiger partial charge in [-0.3, -0.25) is 10.2 Å². The first-order valence-corrected chi connectivity index (χ1v) is 4.11. The highest BCUT2D eigenvalue weighted by Gasteiger charge is 2.34. The number of amides is 2. The van der Waals surface area contributed by atoms with E-state index in [1.54, 1.807) is 0 Å². The van der Waals surface area contributed by atoms with E-state index in [9.17, 15) is 9.59 Å². The average Bonchev–Trinajstić information content (AvgIpc) is 2.50. The van der Waals surface area contributed by atoms with Crippen molar-refractivity contribution in [1.29, 1.82) is 0 Å². The summed E-state index contributed by atoms with van der Waals surface area (Å²) in [6.07, 6.45) is 0.931. The minimum Gasteiger partial charge on any atom is -0.446 e. The summed E-state index contributed by atoms with van der Waals surface area (Å²) in [5.41, 5.74) is 6.89. The number of ether oxygens (including phenoxy) is 1. The van der Waals surface area contributed by atoms with Crippen LogP contribution in [-0.4, -0.2) is 18.1 Å². The Hall–Kier alpha value is -1.30. The Labute approximate surface area is 75.6 Å². The lowest BCUT2D eigenvalue weighted by Gasteiger charge is -2.16. The van der Waals surface area contributed by atoms with Gasteiger partial charge in [0.2, 0.25) is 5.91 Å². The third-order valence-electron chi connectivity index (χ3n) is 2.20. The molecule has 6 heteroatoms. The molecule has 5 N–H and O–H groups in total. The molecular weight excluding hydrogens is 174 g/mol. The molecular formula is C7H13N3O3. The van der Waals surface area contributed by atoms with Crippen LogP contribution >= 0.6 is 0 Å². The monoisotopic (exact) mass is 187 g/mol. The third-order valence-corrected chi connectivity index (χ3v) is 2.20. The summed E-state index contributed by atoms with van der Waals surface area (Å²) in [6.45, 7) is 0. The van der Waals surface area contributed by atoms with Gasteiger partial charge in [0.25, 0.3) is 0 Å². The number of hydrogen-bond acceptors (Lipinski definition) is 4. The smallest absolute Gasteiger partial charge is 0.404 e. The Morgan fingerprint density at radius 2 is 2.08 bits per heavy atom. The highest BCUT2D eigenvalue weighted by atomic mass is 16.6. The predicted molar refractivity (Wildman–Crippen MR) is 44.1 cm³/mol. The van der Waals surface area contributed by atoms with Gasteiger partial charge >= 0.3 is 6.09 Å². The standard InChI is InChI=1S/C7H13N3O3/c8-7(12)13-5-3-1-2-4(5)6(11)10-9/h4-5H,1-3,9H2,(H2,8,12)(H,10,11)/t4-,5+/m1/s1. The van der Waals surface area contributed by atoms with Crippen LogP contribution < -0.4 is 17.0 Å². The average molecular weight is 187 g/mol. The van der Waals surface area contributed by atoms with Crippen LogP contribution in [0.2, 0.25) is 0 Å². The third kappa shape index (κ3) is 2.32. The molecule has 2 atom stereocenters. The SMILES string of the molecule is NNC(=O)[C@@H]1CCC[C@@H]1OC(N)=O. The molecule has 0 heterocycles. The number of hydrazine groups is 1. The van der Waals surface area contributed by atoms with Gasteiger partial charge in [-0.25, -0.2) is 10.6 Å². The van der Waals surface area contributed by atoms with E-state index in [2.05, 4.69) is 0 Å². The van der Waals surface area contributed by atoms with Crippen molar-refractivity contribution in [3.63, 3.8) is 0 Å². The van der Waals surface area contributed by atoms with E-state index in [1.807, 2.05) is 5.43 Å².